The van der Waals surface area contributed by atoms with Crippen LogP contribution in [0.25, 0.3) is 34.2 Å². The highest BCUT2D eigenvalue weighted by Crippen LogP contribution is 2.25. The summed E-state index contributed by atoms with van der Waals surface area (Å²) in [5.41, 5.74) is 2.63. The SMILES string of the molecule is CC.CC.CC(=O)CC(=O)OCCOc1ccc(-c2nc(-c3ccccc3)nc(-c3ccccc3)n2)cc1. The maximum Gasteiger partial charge on any atom is 0.313 e. The molecule has 198 valence electrons. The summed E-state index contributed by atoms with van der Waals surface area (Å²) in [6, 6.07) is 26.9. The maximum absolute atomic E-state index is 11.4. The molecule has 0 aliphatic rings. The summed E-state index contributed by atoms with van der Waals surface area (Å²) in [4.78, 5) is 36.4. The van der Waals surface area contributed by atoms with Gasteiger partial charge in [-0.15, -0.1) is 0 Å². The van der Waals surface area contributed by atoms with Crippen LogP contribution in [0.4, 0.5) is 0 Å². The fraction of sp³-hybridized carbons (Fsp3) is 0.258. The molecule has 1 heterocycles. The number of Topliss-reactive ketones (excluding diaryl/α,β-unsaturated/α-hetero) is 1. The molecule has 0 spiro atoms. The molecule has 4 rings (SSSR count). The van der Waals surface area contributed by atoms with E-state index >= 15 is 0 Å². The van der Waals surface area contributed by atoms with Gasteiger partial charge in [0.15, 0.2) is 17.5 Å². The van der Waals surface area contributed by atoms with Gasteiger partial charge in [0.05, 0.1) is 0 Å². The normalized spacial score (nSPS) is 9.71. The Hall–Kier alpha value is -4.39. The smallest absolute Gasteiger partial charge is 0.313 e. The van der Waals surface area contributed by atoms with Crippen molar-refractivity contribution in [2.75, 3.05) is 13.2 Å². The third kappa shape index (κ3) is 9.24. The van der Waals surface area contributed by atoms with Crippen LogP contribution in [0, 0.1) is 0 Å². The van der Waals surface area contributed by atoms with E-state index < -0.39 is 5.97 Å². The number of carbonyl (C=O) groups excluding carboxylic acids is 2. The maximum atomic E-state index is 11.4. The predicted molar refractivity (Wildman–Crippen MR) is 151 cm³/mol. The van der Waals surface area contributed by atoms with Crippen LogP contribution in [0.15, 0.2) is 84.9 Å². The lowest BCUT2D eigenvalue weighted by Gasteiger charge is -2.10. The van der Waals surface area contributed by atoms with Gasteiger partial charge in [0.1, 0.15) is 31.2 Å². The Balaban J connectivity index is 0.00000121. The molecule has 0 radical (unpaired) electrons. The molecule has 0 aliphatic heterocycles. The molecule has 0 fully saturated rings. The highest BCUT2D eigenvalue weighted by atomic mass is 16.6. The van der Waals surface area contributed by atoms with Gasteiger partial charge in [0, 0.05) is 16.7 Å². The molecule has 38 heavy (non-hydrogen) atoms. The first-order valence-corrected chi connectivity index (χ1v) is 12.8. The van der Waals surface area contributed by atoms with E-state index in [-0.39, 0.29) is 25.4 Å². The minimum absolute atomic E-state index is 0.0716. The molecule has 7 heteroatoms. The van der Waals surface area contributed by atoms with Crippen molar-refractivity contribution in [2.45, 2.75) is 41.0 Å². The van der Waals surface area contributed by atoms with E-state index in [4.69, 9.17) is 19.4 Å². The van der Waals surface area contributed by atoms with Crippen LogP contribution < -0.4 is 4.74 Å². The van der Waals surface area contributed by atoms with Gasteiger partial charge in [-0.2, -0.15) is 0 Å². The summed E-state index contributed by atoms with van der Waals surface area (Å²) in [6.45, 7) is 9.60. The van der Waals surface area contributed by atoms with Crippen LogP contribution in [0.5, 0.6) is 5.75 Å². The van der Waals surface area contributed by atoms with Crippen LogP contribution in [0.3, 0.4) is 0 Å². The number of rotatable bonds is 9. The molecule has 0 saturated heterocycles. The first kappa shape index (κ1) is 29.8. The third-order valence-electron chi connectivity index (χ3n) is 4.82. The van der Waals surface area contributed by atoms with Gasteiger partial charge >= 0.3 is 5.97 Å². The van der Waals surface area contributed by atoms with Crippen molar-refractivity contribution in [3.8, 4) is 39.9 Å². The monoisotopic (exact) mass is 513 g/mol. The van der Waals surface area contributed by atoms with Crippen LogP contribution in [0.1, 0.15) is 41.0 Å². The van der Waals surface area contributed by atoms with Crippen LogP contribution in [-0.4, -0.2) is 39.9 Å². The molecule has 0 bridgehead atoms. The molecule has 0 unspecified atom stereocenters. The second-order valence-electron chi connectivity index (χ2n) is 7.51. The summed E-state index contributed by atoms with van der Waals surface area (Å²) >= 11 is 0. The summed E-state index contributed by atoms with van der Waals surface area (Å²) in [6.07, 6.45) is -0.226. The second kappa shape index (κ2) is 16.4. The molecule has 0 aliphatic carbocycles. The Morgan fingerprint density at radius 2 is 1.03 bits per heavy atom. The predicted octanol–water partition coefficient (Wildman–Crippen LogP) is 6.83. The van der Waals surface area contributed by atoms with Gasteiger partial charge in [0.2, 0.25) is 0 Å². The molecule has 1 aromatic heterocycles. The topological polar surface area (TPSA) is 91.3 Å². The first-order chi connectivity index (χ1) is 18.6. The fourth-order valence-electron chi connectivity index (χ4n) is 3.21. The van der Waals surface area contributed by atoms with Crippen molar-refractivity contribution in [3.63, 3.8) is 0 Å². The van der Waals surface area contributed by atoms with Crippen LogP contribution in [-0.2, 0) is 14.3 Å². The van der Waals surface area contributed by atoms with Gasteiger partial charge in [-0.3, -0.25) is 9.59 Å². The van der Waals surface area contributed by atoms with E-state index in [1.54, 1.807) is 12.1 Å². The zero-order valence-corrected chi connectivity index (χ0v) is 22.7. The van der Waals surface area contributed by atoms with Gasteiger partial charge in [-0.25, -0.2) is 15.0 Å². The number of nitrogens with zero attached hydrogens (tertiary/aromatic N) is 3. The Morgan fingerprint density at radius 1 is 0.605 bits per heavy atom. The number of ether oxygens (including phenoxy) is 2. The lowest BCUT2D eigenvalue weighted by Crippen LogP contribution is -2.14. The van der Waals surface area contributed by atoms with Gasteiger partial charge in [-0.1, -0.05) is 88.4 Å². The molecule has 0 saturated carbocycles. The lowest BCUT2D eigenvalue weighted by molar-refractivity contribution is -0.146. The summed E-state index contributed by atoms with van der Waals surface area (Å²) in [5.74, 6) is 1.58. The number of aromatic nitrogens is 3. The third-order valence-corrected chi connectivity index (χ3v) is 4.82. The Kier molecular flexibility index (Phi) is 12.9. The van der Waals surface area contributed by atoms with E-state index in [1.807, 2.05) is 100 Å². The molecular formula is C31H35N3O4. The molecule has 4 aromatic rings. The Morgan fingerprint density at radius 3 is 1.45 bits per heavy atom. The Bertz CT molecular complexity index is 1200. The van der Waals surface area contributed by atoms with Crippen LogP contribution >= 0.6 is 0 Å². The summed E-state index contributed by atoms with van der Waals surface area (Å²) < 4.78 is 10.6. The summed E-state index contributed by atoms with van der Waals surface area (Å²) in [5, 5.41) is 0. The number of hydrogen-bond acceptors (Lipinski definition) is 7. The summed E-state index contributed by atoms with van der Waals surface area (Å²) in [7, 11) is 0. The average molecular weight is 514 g/mol. The number of esters is 1. The van der Waals surface area contributed by atoms with Crippen LogP contribution in [0.2, 0.25) is 0 Å². The van der Waals surface area contributed by atoms with E-state index in [9.17, 15) is 9.59 Å². The quantitative estimate of drug-likeness (QED) is 0.138. The van der Waals surface area contributed by atoms with Crippen molar-refractivity contribution in [1.82, 2.24) is 15.0 Å². The second-order valence-corrected chi connectivity index (χ2v) is 7.51. The lowest BCUT2D eigenvalue weighted by atomic mass is 10.1. The highest BCUT2D eigenvalue weighted by molar-refractivity contribution is 5.94. The van der Waals surface area contributed by atoms with E-state index in [0.717, 1.165) is 16.7 Å². The average Bonchev–Trinajstić information content (AvgIpc) is 2.98. The fourth-order valence-corrected chi connectivity index (χ4v) is 3.21. The van der Waals surface area contributed by atoms with E-state index in [0.29, 0.717) is 23.2 Å². The molecule has 3 aromatic carbocycles. The minimum Gasteiger partial charge on any atom is -0.490 e. The molecule has 0 N–H and O–H groups in total. The van der Waals surface area contributed by atoms with Gasteiger partial charge < -0.3 is 9.47 Å². The van der Waals surface area contributed by atoms with Gasteiger partial charge in [0.25, 0.3) is 0 Å². The van der Waals surface area contributed by atoms with Crippen molar-refractivity contribution in [2.24, 2.45) is 0 Å². The minimum atomic E-state index is -0.551. The van der Waals surface area contributed by atoms with Crippen molar-refractivity contribution < 1.29 is 19.1 Å². The Labute approximate surface area is 224 Å². The van der Waals surface area contributed by atoms with Gasteiger partial charge in [-0.05, 0) is 31.2 Å². The number of carbonyl (C=O) groups is 2. The largest absolute Gasteiger partial charge is 0.490 e. The molecule has 7 nitrogen and oxygen atoms in total. The number of ketones is 1. The first-order valence-electron chi connectivity index (χ1n) is 12.8. The van der Waals surface area contributed by atoms with Crippen molar-refractivity contribution >= 4 is 11.8 Å². The highest BCUT2D eigenvalue weighted by Gasteiger charge is 2.12. The molecule has 0 amide bonds. The van der Waals surface area contributed by atoms with Crippen molar-refractivity contribution in [3.05, 3.63) is 84.9 Å². The number of benzene rings is 3. The zero-order valence-electron chi connectivity index (χ0n) is 22.7. The number of hydrogen-bond donors (Lipinski definition) is 0. The zero-order chi connectivity index (χ0) is 27.8. The molecule has 0 atom stereocenters. The molecular weight excluding hydrogens is 478 g/mol. The standard InChI is InChI=1S/C27H23N3O4.2C2H6/c1-19(31)18-24(32)34-17-16-33-23-14-12-22(13-15-23)27-29-25(20-8-4-2-5-9-20)28-26(30-27)21-10-6-3-7-11-21;2*1-2/h2-15H,16-18H2,1H3;2*1-2H3. The van der Waals surface area contributed by atoms with E-state index in [2.05, 4.69) is 4.98 Å². The van der Waals surface area contributed by atoms with E-state index in [1.165, 1.54) is 6.92 Å². The van der Waals surface area contributed by atoms with Crippen molar-refractivity contribution in [1.29, 1.82) is 0 Å².